The van der Waals surface area contributed by atoms with Crippen LogP contribution in [0.15, 0.2) is 16.5 Å². The number of aryl methyl sites for hydroxylation is 2. The summed E-state index contributed by atoms with van der Waals surface area (Å²) in [5, 5.41) is 0.788. The Morgan fingerprint density at radius 1 is 1.24 bits per heavy atom. The van der Waals surface area contributed by atoms with Gasteiger partial charge in [0.2, 0.25) is 0 Å². The molecule has 9 heteroatoms. The molecule has 0 atom stereocenters. The van der Waals surface area contributed by atoms with E-state index in [0.717, 1.165) is 18.2 Å². The van der Waals surface area contributed by atoms with E-state index in [1.807, 2.05) is 6.92 Å². The number of furan rings is 1. The van der Waals surface area contributed by atoms with Crippen LogP contribution in [0.4, 0.5) is 5.13 Å². The minimum atomic E-state index is -0.497. The third-order valence-corrected chi connectivity index (χ3v) is 5.01. The second-order valence-corrected chi connectivity index (χ2v) is 6.52. The van der Waals surface area contributed by atoms with E-state index in [2.05, 4.69) is 20.7 Å². The van der Waals surface area contributed by atoms with Gasteiger partial charge in [-0.05, 0) is 19.1 Å². The van der Waals surface area contributed by atoms with Gasteiger partial charge in [0.1, 0.15) is 10.6 Å². The summed E-state index contributed by atoms with van der Waals surface area (Å²) in [6.45, 7) is 6.52. The first-order valence-electron chi connectivity index (χ1n) is 8.08. The van der Waals surface area contributed by atoms with Crippen LogP contribution in [0.25, 0.3) is 0 Å². The smallest absolute Gasteiger partial charge is 0.305 e. The van der Waals surface area contributed by atoms with Crippen molar-refractivity contribution in [1.82, 2.24) is 15.8 Å². The molecule has 0 unspecified atom stereocenters. The van der Waals surface area contributed by atoms with Crippen molar-refractivity contribution in [2.75, 3.05) is 31.2 Å². The summed E-state index contributed by atoms with van der Waals surface area (Å²) in [4.78, 5) is 31.3. The molecule has 0 saturated carbocycles. The molecule has 1 saturated heterocycles. The van der Waals surface area contributed by atoms with Crippen molar-refractivity contribution in [3.63, 3.8) is 0 Å². The molecule has 0 spiro atoms. The number of morpholine rings is 1. The van der Waals surface area contributed by atoms with E-state index in [1.165, 1.54) is 11.3 Å². The van der Waals surface area contributed by atoms with Crippen LogP contribution in [0.1, 0.15) is 38.6 Å². The highest BCUT2D eigenvalue weighted by Gasteiger charge is 2.21. The number of thiazole rings is 1. The fraction of sp³-hybridized carbons (Fsp3) is 0.438. The average molecular weight is 364 g/mol. The minimum absolute atomic E-state index is 0.159. The normalized spacial score (nSPS) is 14.4. The molecular formula is C16H20N4O4S. The van der Waals surface area contributed by atoms with Crippen molar-refractivity contribution in [2.45, 2.75) is 20.3 Å². The third kappa shape index (κ3) is 3.99. The zero-order valence-electron chi connectivity index (χ0n) is 14.1. The van der Waals surface area contributed by atoms with E-state index in [9.17, 15) is 9.59 Å². The molecule has 1 aliphatic heterocycles. The van der Waals surface area contributed by atoms with Crippen molar-refractivity contribution in [2.24, 2.45) is 0 Å². The van der Waals surface area contributed by atoms with Gasteiger partial charge >= 0.3 is 5.91 Å². The van der Waals surface area contributed by atoms with E-state index in [-0.39, 0.29) is 5.76 Å². The lowest BCUT2D eigenvalue weighted by atomic mass is 10.3. The summed E-state index contributed by atoms with van der Waals surface area (Å²) in [5.41, 5.74) is 5.40. The molecule has 1 aliphatic rings. The molecule has 8 nitrogen and oxygen atoms in total. The molecule has 2 amide bonds. The number of hydrazine groups is 1. The van der Waals surface area contributed by atoms with Crippen molar-refractivity contribution >= 4 is 28.3 Å². The Kier molecular flexibility index (Phi) is 5.34. The molecule has 0 aromatic carbocycles. The number of hydrogen-bond donors (Lipinski definition) is 2. The second-order valence-electron chi connectivity index (χ2n) is 5.54. The standard InChI is InChI=1S/C16H20N4O4S/c1-3-11-4-5-12(24-11)14(21)18-19-15(22)13-10(2)17-16(25-13)20-6-8-23-9-7-20/h4-5H,3,6-9H2,1-2H3,(H,18,21)(H,19,22). The summed E-state index contributed by atoms with van der Waals surface area (Å²) < 4.78 is 10.7. The van der Waals surface area contributed by atoms with E-state index in [4.69, 9.17) is 9.15 Å². The maximum Gasteiger partial charge on any atom is 0.305 e. The highest BCUT2D eigenvalue weighted by molar-refractivity contribution is 7.17. The first-order valence-corrected chi connectivity index (χ1v) is 8.89. The van der Waals surface area contributed by atoms with Crippen LogP contribution in [-0.4, -0.2) is 43.1 Å². The number of aromatic nitrogens is 1. The lowest BCUT2D eigenvalue weighted by molar-refractivity contribution is 0.0831. The summed E-state index contributed by atoms with van der Waals surface area (Å²) in [6, 6.07) is 3.31. The third-order valence-electron chi connectivity index (χ3n) is 3.80. The van der Waals surface area contributed by atoms with Crippen molar-refractivity contribution in [3.05, 3.63) is 34.2 Å². The highest BCUT2D eigenvalue weighted by Crippen LogP contribution is 2.26. The van der Waals surface area contributed by atoms with Crippen LogP contribution in [0.5, 0.6) is 0 Å². The molecule has 3 rings (SSSR count). The van der Waals surface area contributed by atoms with Crippen LogP contribution in [0.2, 0.25) is 0 Å². The maximum absolute atomic E-state index is 12.3. The maximum atomic E-state index is 12.3. The number of rotatable bonds is 4. The number of carbonyl (C=O) groups excluding carboxylic acids is 2. The molecule has 0 bridgehead atoms. The predicted octanol–water partition coefficient (Wildman–Crippen LogP) is 1.52. The van der Waals surface area contributed by atoms with E-state index >= 15 is 0 Å². The Balaban J connectivity index is 1.61. The molecular weight excluding hydrogens is 344 g/mol. The van der Waals surface area contributed by atoms with Crippen molar-refractivity contribution in [3.8, 4) is 0 Å². The number of ether oxygens (including phenoxy) is 1. The molecule has 2 N–H and O–H groups in total. The molecule has 1 fully saturated rings. The molecule has 0 aliphatic carbocycles. The molecule has 0 radical (unpaired) electrons. The van der Waals surface area contributed by atoms with Crippen molar-refractivity contribution in [1.29, 1.82) is 0 Å². The van der Waals surface area contributed by atoms with Gasteiger partial charge in [0.25, 0.3) is 5.91 Å². The van der Waals surface area contributed by atoms with Gasteiger partial charge in [-0.25, -0.2) is 4.98 Å². The van der Waals surface area contributed by atoms with E-state index in [1.54, 1.807) is 19.1 Å². The first-order chi connectivity index (χ1) is 12.1. The van der Waals surface area contributed by atoms with Crippen LogP contribution >= 0.6 is 11.3 Å². The van der Waals surface area contributed by atoms with Gasteiger partial charge in [-0.15, -0.1) is 0 Å². The number of nitrogens with zero attached hydrogens (tertiary/aromatic N) is 2. The summed E-state index contributed by atoms with van der Waals surface area (Å²) in [6.07, 6.45) is 0.698. The number of carbonyl (C=O) groups is 2. The molecule has 134 valence electrons. The largest absolute Gasteiger partial charge is 0.456 e. The molecule has 2 aromatic rings. The van der Waals surface area contributed by atoms with E-state index in [0.29, 0.717) is 36.0 Å². The van der Waals surface area contributed by atoms with Crippen molar-refractivity contribution < 1.29 is 18.7 Å². The minimum Gasteiger partial charge on any atom is -0.456 e. The molecule has 2 aromatic heterocycles. The highest BCUT2D eigenvalue weighted by atomic mass is 32.1. The predicted molar refractivity (Wildman–Crippen MR) is 92.9 cm³/mol. The first kappa shape index (κ1) is 17.4. The Morgan fingerprint density at radius 2 is 1.96 bits per heavy atom. The second kappa shape index (κ2) is 7.66. The van der Waals surface area contributed by atoms with Gasteiger partial charge in [0, 0.05) is 19.5 Å². The fourth-order valence-corrected chi connectivity index (χ4v) is 3.42. The lowest BCUT2D eigenvalue weighted by Gasteiger charge is -2.25. The SMILES string of the molecule is CCc1ccc(C(=O)NNC(=O)c2sc(N3CCOCC3)nc2C)o1. The fourth-order valence-electron chi connectivity index (χ4n) is 2.40. The number of amides is 2. The Labute approximate surface area is 149 Å². The summed E-state index contributed by atoms with van der Waals surface area (Å²) >= 11 is 1.30. The summed E-state index contributed by atoms with van der Waals surface area (Å²) in [5.74, 6) is -0.0223. The Hall–Kier alpha value is -2.39. The number of anilines is 1. The number of nitrogens with one attached hydrogen (secondary N) is 2. The monoisotopic (exact) mass is 364 g/mol. The molecule has 25 heavy (non-hydrogen) atoms. The van der Waals surface area contributed by atoms with Crippen LogP contribution < -0.4 is 15.8 Å². The topological polar surface area (TPSA) is 96.7 Å². The van der Waals surface area contributed by atoms with Gasteiger partial charge in [0.15, 0.2) is 10.9 Å². The Bertz CT molecular complexity index is 764. The zero-order valence-corrected chi connectivity index (χ0v) is 14.9. The zero-order chi connectivity index (χ0) is 17.8. The van der Waals surface area contributed by atoms with Gasteiger partial charge < -0.3 is 14.1 Å². The number of hydrogen-bond acceptors (Lipinski definition) is 7. The van der Waals surface area contributed by atoms with Gasteiger partial charge in [-0.2, -0.15) is 0 Å². The average Bonchev–Trinajstić information content (AvgIpc) is 3.27. The van der Waals surface area contributed by atoms with Gasteiger partial charge in [0.05, 0.1) is 18.9 Å². The summed E-state index contributed by atoms with van der Waals surface area (Å²) in [7, 11) is 0. The molecule has 3 heterocycles. The lowest BCUT2D eigenvalue weighted by Crippen LogP contribution is -2.41. The van der Waals surface area contributed by atoms with Crippen LogP contribution in [-0.2, 0) is 11.2 Å². The quantitative estimate of drug-likeness (QED) is 0.799. The van der Waals surface area contributed by atoms with Gasteiger partial charge in [-0.3, -0.25) is 20.4 Å². The van der Waals surface area contributed by atoms with Crippen LogP contribution in [0.3, 0.4) is 0 Å². The Morgan fingerprint density at radius 3 is 2.64 bits per heavy atom. The van der Waals surface area contributed by atoms with E-state index < -0.39 is 11.8 Å². The van der Waals surface area contributed by atoms with Crippen LogP contribution in [0, 0.1) is 6.92 Å². The van der Waals surface area contributed by atoms with Gasteiger partial charge in [-0.1, -0.05) is 18.3 Å².